The molecule has 7 heteroatoms. The molecular weight excluding hydrogens is 224 g/mol. The zero-order valence-corrected chi connectivity index (χ0v) is 9.94. The average Bonchev–Trinajstić information content (AvgIpc) is 2.96. The van der Waals surface area contributed by atoms with Gasteiger partial charge in [-0.3, -0.25) is 0 Å². The Morgan fingerprint density at radius 3 is 3.06 bits per heavy atom. The first-order chi connectivity index (χ1) is 8.28. The molecule has 0 amide bonds. The molecule has 1 aromatic rings. The summed E-state index contributed by atoms with van der Waals surface area (Å²) in [7, 11) is 1.68. The van der Waals surface area contributed by atoms with Crippen LogP contribution in [0, 0.1) is 0 Å². The minimum atomic E-state index is -0.289. The molecule has 0 aromatic carbocycles. The number of hydrogen-bond acceptors (Lipinski definition) is 7. The number of nitrogens with one attached hydrogen (secondary N) is 1. The number of nitrogens with zero attached hydrogens (tertiary/aromatic N) is 2. The molecule has 0 radical (unpaired) electrons. The number of hydrogen-bond donors (Lipinski definition) is 2. The highest BCUT2D eigenvalue weighted by Gasteiger charge is 2.35. The third-order valence-corrected chi connectivity index (χ3v) is 2.89. The van der Waals surface area contributed by atoms with Gasteiger partial charge in [-0.2, -0.15) is 0 Å². The van der Waals surface area contributed by atoms with Gasteiger partial charge < -0.3 is 24.9 Å². The molecule has 2 heterocycles. The maximum absolute atomic E-state index is 5.48. The van der Waals surface area contributed by atoms with Crippen molar-refractivity contribution < 1.29 is 13.9 Å². The summed E-state index contributed by atoms with van der Waals surface area (Å²) >= 11 is 0. The van der Waals surface area contributed by atoms with Crippen LogP contribution in [0.25, 0.3) is 0 Å². The summed E-state index contributed by atoms with van der Waals surface area (Å²) < 4.78 is 16.2. The van der Waals surface area contributed by atoms with E-state index in [0.29, 0.717) is 38.0 Å². The van der Waals surface area contributed by atoms with Crippen LogP contribution >= 0.6 is 0 Å². The third kappa shape index (κ3) is 2.93. The number of methoxy groups -OCH3 is 1. The first-order valence-corrected chi connectivity index (χ1v) is 5.67. The lowest BCUT2D eigenvalue weighted by Gasteiger charge is -2.25. The molecule has 0 bridgehead atoms. The number of ether oxygens (including phenoxy) is 2. The maximum atomic E-state index is 5.48. The molecule has 3 N–H and O–H groups in total. The summed E-state index contributed by atoms with van der Waals surface area (Å²) in [6.45, 7) is 2.39. The molecule has 0 saturated carbocycles. The summed E-state index contributed by atoms with van der Waals surface area (Å²) in [4.78, 5) is 0. The van der Waals surface area contributed by atoms with Gasteiger partial charge in [0, 0.05) is 33.1 Å². The lowest BCUT2D eigenvalue weighted by Crippen LogP contribution is -2.39. The smallest absolute Gasteiger partial charge is 0.315 e. The highest BCUT2D eigenvalue weighted by atomic mass is 16.5. The van der Waals surface area contributed by atoms with Crippen LogP contribution in [0.15, 0.2) is 4.42 Å². The molecule has 2 rings (SSSR count). The molecular formula is C10H18N4O3. The highest BCUT2D eigenvalue weighted by Crippen LogP contribution is 2.22. The predicted octanol–water partition coefficient (Wildman–Crippen LogP) is -0.212. The van der Waals surface area contributed by atoms with Crippen molar-refractivity contribution in [3.63, 3.8) is 0 Å². The fourth-order valence-corrected chi connectivity index (χ4v) is 1.75. The van der Waals surface area contributed by atoms with E-state index in [2.05, 4.69) is 15.5 Å². The van der Waals surface area contributed by atoms with Gasteiger partial charge in [0.05, 0.1) is 13.2 Å². The molecule has 17 heavy (non-hydrogen) atoms. The van der Waals surface area contributed by atoms with E-state index in [1.807, 2.05) is 0 Å². The van der Waals surface area contributed by atoms with Gasteiger partial charge >= 0.3 is 6.01 Å². The highest BCUT2D eigenvalue weighted by molar-refractivity contribution is 5.19. The van der Waals surface area contributed by atoms with Gasteiger partial charge in [-0.15, -0.1) is 5.10 Å². The van der Waals surface area contributed by atoms with E-state index in [0.717, 1.165) is 13.0 Å². The topological polar surface area (TPSA) is 95.4 Å². The Bertz CT molecular complexity index is 349. The molecule has 1 unspecified atom stereocenters. The van der Waals surface area contributed by atoms with Crippen molar-refractivity contribution in [3.05, 3.63) is 5.89 Å². The summed E-state index contributed by atoms with van der Waals surface area (Å²) in [6.07, 6.45) is 1.45. The van der Waals surface area contributed by atoms with Crippen LogP contribution in [0.3, 0.4) is 0 Å². The predicted molar refractivity (Wildman–Crippen MR) is 60.7 cm³/mol. The van der Waals surface area contributed by atoms with E-state index >= 15 is 0 Å². The van der Waals surface area contributed by atoms with Crippen molar-refractivity contribution in [3.8, 4) is 0 Å². The zero-order chi connectivity index (χ0) is 12.1. The Balaban J connectivity index is 1.87. The minimum absolute atomic E-state index is 0.289. The summed E-state index contributed by atoms with van der Waals surface area (Å²) in [6, 6.07) is 0.400. The monoisotopic (exact) mass is 242 g/mol. The average molecular weight is 242 g/mol. The molecule has 96 valence electrons. The van der Waals surface area contributed by atoms with Gasteiger partial charge in [0.2, 0.25) is 5.89 Å². The number of rotatable bonds is 6. The Hall–Kier alpha value is -1.18. The van der Waals surface area contributed by atoms with Gasteiger partial charge in [-0.1, -0.05) is 5.10 Å². The van der Waals surface area contributed by atoms with Crippen molar-refractivity contribution in [1.82, 2.24) is 10.2 Å². The van der Waals surface area contributed by atoms with Gasteiger partial charge in [-0.25, -0.2) is 0 Å². The van der Waals surface area contributed by atoms with Crippen LogP contribution in [-0.2, 0) is 15.9 Å². The maximum Gasteiger partial charge on any atom is 0.315 e. The van der Waals surface area contributed by atoms with Crippen molar-refractivity contribution in [2.75, 3.05) is 38.7 Å². The lowest BCUT2D eigenvalue weighted by molar-refractivity contribution is -0.00654. The Kier molecular flexibility index (Phi) is 3.93. The fraction of sp³-hybridized carbons (Fsp3) is 0.800. The quantitative estimate of drug-likeness (QED) is 0.712. The van der Waals surface area contributed by atoms with Crippen LogP contribution in [0.2, 0.25) is 0 Å². The SMILES string of the molecule is COC1(CNc2nnc(CCN)o2)CCOC1. The molecule has 0 spiro atoms. The second kappa shape index (κ2) is 5.44. The van der Waals surface area contributed by atoms with Crippen molar-refractivity contribution in [2.24, 2.45) is 5.73 Å². The van der Waals surface area contributed by atoms with E-state index in [9.17, 15) is 0 Å². The molecule has 1 fully saturated rings. The second-order valence-electron chi connectivity index (χ2n) is 4.08. The first-order valence-electron chi connectivity index (χ1n) is 5.67. The van der Waals surface area contributed by atoms with Crippen LogP contribution in [0.1, 0.15) is 12.3 Å². The zero-order valence-electron chi connectivity index (χ0n) is 9.94. The van der Waals surface area contributed by atoms with E-state index in [-0.39, 0.29) is 5.60 Å². The standard InChI is InChI=1S/C10H18N4O3/c1-15-10(3-5-16-7-10)6-12-9-14-13-8(17-9)2-4-11/h2-7,11H2,1H3,(H,12,14). The van der Waals surface area contributed by atoms with Crippen LogP contribution in [-0.4, -0.2) is 49.2 Å². The van der Waals surface area contributed by atoms with E-state index in [1.165, 1.54) is 0 Å². The van der Waals surface area contributed by atoms with Gasteiger partial charge in [0.1, 0.15) is 5.60 Å². The normalized spacial score (nSPS) is 24.1. The second-order valence-corrected chi connectivity index (χ2v) is 4.08. The molecule has 1 aromatic heterocycles. The van der Waals surface area contributed by atoms with Crippen LogP contribution in [0.4, 0.5) is 6.01 Å². The molecule has 0 aliphatic carbocycles. The van der Waals surface area contributed by atoms with Crippen molar-refractivity contribution in [1.29, 1.82) is 0 Å². The van der Waals surface area contributed by atoms with Gasteiger partial charge in [-0.05, 0) is 0 Å². The van der Waals surface area contributed by atoms with Gasteiger partial charge in [0.25, 0.3) is 0 Å². The number of nitrogens with two attached hydrogens (primary N) is 1. The fourth-order valence-electron chi connectivity index (χ4n) is 1.75. The lowest BCUT2D eigenvalue weighted by atomic mass is 10.0. The van der Waals surface area contributed by atoms with E-state index in [1.54, 1.807) is 7.11 Å². The molecule has 7 nitrogen and oxygen atoms in total. The molecule has 1 atom stereocenters. The van der Waals surface area contributed by atoms with Gasteiger partial charge in [0.15, 0.2) is 0 Å². The Morgan fingerprint density at radius 1 is 1.53 bits per heavy atom. The summed E-state index contributed by atoms with van der Waals surface area (Å²) in [5.41, 5.74) is 5.11. The van der Waals surface area contributed by atoms with Crippen molar-refractivity contribution >= 4 is 6.01 Å². The van der Waals surface area contributed by atoms with Crippen LogP contribution < -0.4 is 11.1 Å². The largest absolute Gasteiger partial charge is 0.408 e. The Morgan fingerprint density at radius 2 is 2.41 bits per heavy atom. The minimum Gasteiger partial charge on any atom is -0.408 e. The van der Waals surface area contributed by atoms with Crippen molar-refractivity contribution in [2.45, 2.75) is 18.4 Å². The van der Waals surface area contributed by atoms with E-state index in [4.69, 9.17) is 19.6 Å². The number of aromatic nitrogens is 2. The van der Waals surface area contributed by atoms with Crippen LogP contribution in [0.5, 0.6) is 0 Å². The number of anilines is 1. The summed E-state index contributed by atoms with van der Waals surface area (Å²) in [5, 5.41) is 10.8. The molecule has 1 saturated heterocycles. The summed E-state index contributed by atoms with van der Waals surface area (Å²) in [5.74, 6) is 0.545. The first kappa shape index (κ1) is 12.3. The van der Waals surface area contributed by atoms with E-state index < -0.39 is 0 Å². The molecule has 1 aliphatic rings. The Labute approximate surface area is 99.7 Å². The third-order valence-electron chi connectivity index (χ3n) is 2.89. The molecule has 1 aliphatic heterocycles.